The molecular formula is C15H18O3. The van der Waals surface area contributed by atoms with Gasteiger partial charge in [-0.15, -0.1) is 0 Å². The predicted molar refractivity (Wildman–Crippen MR) is 68.9 cm³/mol. The molecule has 1 saturated carbocycles. The second kappa shape index (κ2) is 4.23. The lowest BCUT2D eigenvalue weighted by molar-refractivity contribution is -0.150. The number of aryl methyl sites for hydroxylation is 1. The van der Waals surface area contributed by atoms with Crippen molar-refractivity contribution in [1.82, 2.24) is 0 Å². The van der Waals surface area contributed by atoms with E-state index in [1.807, 2.05) is 26.8 Å². The fourth-order valence-corrected chi connectivity index (χ4v) is 2.53. The van der Waals surface area contributed by atoms with Gasteiger partial charge in [0.05, 0.1) is 0 Å². The molecule has 1 aromatic rings. The summed E-state index contributed by atoms with van der Waals surface area (Å²) in [6, 6.07) is 3.66. The normalized spacial score (nSPS) is 17.1. The van der Waals surface area contributed by atoms with Crippen molar-refractivity contribution in [2.45, 2.75) is 40.0 Å². The van der Waals surface area contributed by atoms with E-state index >= 15 is 0 Å². The van der Waals surface area contributed by atoms with Crippen LogP contribution in [0.25, 0.3) is 0 Å². The molecule has 0 aromatic heterocycles. The average Bonchev–Trinajstić information content (AvgIpc) is 2.23. The van der Waals surface area contributed by atoms with E-state index in [0.717, 1.165) is 23.1 Å². The van der Waals surface area contributed by atoms with Crippen molar-refractivity contribution in [3.05, 3.63) is 34.4 Å². The Hall–Kier alpha value is -1.64. The third-order valence-corrected chi connectivity index (χ3v) is 4.35. The number of aliphatic carboxylic acids is 1. The Kier molecular flexibility index (Phi) is 3.01. The molecule has 96 valence electrons. The van der Waals surface area contributed by atoms with Gasteiger partial charge < -0.3 is 5.11 Å². The van der Waals surface area contributed by atoms with E-state index in [1.54, 1.807) is 6.07 Å². The van der Waals surface area contributed by atoms with E-state index in [1.165, 1.54) is 0 Å². The van der Waals surface area contributed by atoms with Gasteiger partial charge in [0.1, 0.15) is 5.41 Å². The van der Waals surface area contributed by atoms with Gasteiger partial charge in [-0.1, -0.05) is 18.6 Å². The molecule has 0 bridgehead atoms. The van der Waals surface area contributed by atoms with Crippen LogP contribution in [0.1, 0.15) is 46.3 Å². The van der Waals surface area contributed by atoms with Crippen molar-refractivity contribution in [1.29, 1.82) is 0 Å². The molecular weight excluding hydrogens is 228 g/mol. The Morgan fingerprint density at radius 2 is 1.72 bits per heavy atom. The molecule has 0 spiro atoms. The molecule has 0 saturated heterocycles. The Morgan fingerprint density at radius 3 is 2.17 bits per heavy atom. The largest absolute Gasteiger partial charge is 0.480 e. The van der Waals surface area contributed by atoms with Gasteiger partial charge in [-0.05, 0) is 50.3 Å². The first-order valence-corrected chi connectivity index (χ1v) is 6.25. The summed E-state index contributed by atoms with van der Waals surface area (Å²) in [6.45, 7) is 5.85. The number of hydrogen-bond acceptors (Lipinski definition) is 2. The maximum Gasteiger partial charge on any atom is 0.317 e. The molecule has 0 amide bonds. The number of rotatable bonds is 3. The zero-order chi connectivity index (χ0) is 13.5. The minimum absolute atomic E-state index is 0.221. The van der Waals surface area contributed by atoms with E-state index in [2.05, 4.69) is 0 Å². The van der Waals surface area contributed by atoms with Gasteiger partial charge in [0.2, 0.25) is 0 Å². The maximum atomic E-state index is 12.5. The number of hydrogen-bond donors (Lipinski definition) is 1. The van der Waals surface area contributed by atoms with Gasteiger partial charge in [0.15, 0.2) is 5.78 Å². The van der Waals surface area contributed by atoms with Crippen LogP contribution in [0.4, 0.5) is 0 Å². The van der Waals surface area contributed by atoms with Crippen LogP contribution in [0, 0.1) is 26.2 Å². The quantitative estimate of drug-likeness (QED) is 0.658. The van der Waals surface area contributed by atoms with Crippen LogP contribution in [0.3, 0.4) is 0 Å². The Morgan fingerprint density at radius 1 is 1.11 bits per heavy atom. The zero-order valence-corrected chi connectivity index (χ0v) is 11.0. The number of ketones is 1. The summed E-state index contributed by atoms with van der Waals surface area (Å²) in [6.07, 6.45) is 1.75. The Bertz CT molecular complexity index is 525. The molecule has 1 aromatic carbocycles. The highest BCUT2D eigenvalue weighted by atomic mass is 16.4. The van der Waals surface area contributed by atoms with Crippen LogP contribution in [0.5, 0.6) is 0 Å². The number of benzene rings is 1. The smallest absolute Gasteiger partial charge is 0.317 e. The monoisotopic (exact) mass is 246 g/mol. The lowest BCUT2D eigenvalue weighted by atomic mass is 9.64. The Labute approximate surface area is 107 Å². The lowest BCUT2D eigenvalue weighted by Gasteiger charge is -2.36. The standard InChI is InChI=1S/C15H18O3/c1-9-5-6-12(11(3)10(9)2)13(16)15(14(17)18)7-4-8-15/h5-6H,4,7-8H2,1-3H3,(H,17,18). The number of carbonyl (C=O) groups excluding carboxylic acids is 1. The van der Waals surface area contributed by atoms with Crippen molar-refractivity contribution in [3.63, 3.8) is 0 Å². The molecule has 1 aliphatic carbocycles. The van der Waals surface area contributed by atoms with Crippen molar-refractivity contribution in [2.75, 3.05) is 0 Å². The maximum absolute atomic E-state index is 12.5. The van der Waals surface area contributed by atoms with Crippen LogP contribution < -0.4 is 0 Å². The summed E-state index contributed by atoms with van der Waals surface area (Å²) in [5.41, 5.74) is 2.52. The minimum Gasteiger partial charge on any atom is -0.480 e. The van der Waals surface area contributed by atoms with Crippen molar-refractivity contribution in [2.24, 2.45) is 5.41 Å². The number of carboxylic acid groups (broad SMARTS) is 1. The van der Waals surface area contributed by atoms with Gasteiger partial charge in [-0.3, -0.25) is 9.59 Å². The third-order valence-electron chi connectivity index (χ3n) is 4.35. The molecule has 1 N–H and O–H groups in total. The average molecular weight is 246 g/mol. The van der Waals surface area contributed by atoms with E-state index in [4.69, 9.17) is 0 Å². The summed E-state index contributed by atoms with van der Waals surface area (Å²) >= 11 is 0. The van der Waals surface area contributed by atoms with Gasteiger partial charge in [0.25, 0.3) is 0 Å². The van der Waals surface area contributed by atoms with E-state index in [0.29, 0.717) is 18.4 Å². The second-order valence-electron chi connectivity index (χ2n) is 5.25. The van der Waals surface area contributed by atoms with Gasteiger partial charge in [-0.2, -0.15) is 0 Å². The SMILES string of the molecule is Cc1ccc(C(=O)C2(C(=O)O)CCC2)c(C)c1C. The van der Waals surface area contributed by atoms with Crippen LogP contribution in [0.2, 0.25) is 0 Å². The number of Topliss-reactive ketones (excluding diaryl/α,β-unsaturated/α-hetero) is 1. The molecule has 3 heteroatoms. The highest BCUT2D eigenvalue weighted by molar-refractivity contribution is 6.13. The molecule has 2 rings (SSSR count). The fourth-order valence-electron chi connectivity index (χ4n) is 2.53. The molecule has 1 fully saturated rings. The van der Waals surface area contributed by atoms with Crippen molar-refractivity contribution in [3.8, 4) is 0 Å². The Balaban J connectivity index is 2.47. The van der Waals surface area contributed by atoms with Gasteiger partial charge in [-0.25, -0.2) is 0 Å². The number of carbonyl (C=O) groups is 2. The number of carboxylic acids is 1. The first kappa shape index (κ1) is 12.8. The van der Waals surface area contributed by atoms with Crippen LogP contribution in [-0.2, 0) is 4.79 Å². The van der Waals surface area contributed by atoms with Crippen LogP contribution >= 0.6 is 0 Å². The molecule has 0 atom stereocenters. The first-order valence-electron chi connectivity index (χ1n) is 6.25. The summed E-state index contributed by atoms with van der Waals surface area (Å²) in [5.74, 6) is -1.20. The first-order chi connectivity index (χ1) is 8.40. The molecule has 0 aliphatic heterocycles. The predicted octanol–water partition coefficient (Wildman–Crippen LogP) is 3.05. The fraction of sp³-hybridized carbons (Fsp3) is 0.467. The van der Waals surface area contributed by atoms with Crippen LogP contribution in [-0.4, -0.2) is 16.9 Å². The van der Waals surface area contributed by atoms with E-state index in [-0.39, 0.29) is 5.78 Å². The van der Waals surface area contributed by atoms with Gasteiger partial charge >= 0.3 is 5.97 Å². The van der Waals surface area contributed by atoms with E-state index in [9.17, 15) is 14.7 Å². The highest BCUT2D eigenvalue weighted by Gasteiger charge is 2.51. The minimum atomic E-state index is -1.16. The van der Waals surface area contributed by atoms with Crippen molar-refractivity contribution < 1.29 is 14.7 Å². The summed E-state index contributed by atoms with van der Waals surface area (Å²) in [7, 11) is 0. The molecule has 0 unspecified atom stereocenters. The van der Waals surface area contributed by atoms with Crippen molar-refractivity contribution >= 4 is 11.8 Å². The molecule has 18 heavy (non-hydrogen) atoms. The second-order valence-corrected chi connectivity index (χ2v) is 5.25. The topological polar surface area (TPSA) is 54.4 Å². The summed E-state index contributed by atoms with van der Waals surface area (Å²) in [5, 5.41) is 9.31. The van der Waals surface area contributed by atoms with E-state index < -0.39 is 11.4 Å². The molecule has 3 nitrogen and oxygen atoms in total. The summed E-state index contributed by atoms with van der Waals surface area (Å²) < 4.78 is 0. The summed E-state index contributed by atoms with van der Waals surface area (Å²) in [4.78, 5) is 23.9. The zero-order valence-electron chi connectivity index (χ0n) is 11.0. The lowest BCUT2D eigenvalue weighted by Crippen LogP contribution is -2.45. The molecule has 0 radical (unpaired) electrons. The third kappa shape index (κ3) is 1.65. The van der Waals surface area contributed by atoms with Gasteiger partial charge in [0, 0.05) is 5.56 Å². The van der Waals surface area contributed by atoms with Crippen LogP contribution in [0.15, 0.2) is 12.1 Å². The highest BCUT2D eigenvalue weighted by Crippen LogP contribution is 2.44. The molecule has 0 heterocycles. The molecule has 1 aliphatic rings.